The minimum Gasteiger partial charge on any atom is -0.381 e. The molecular formula is C11H20N2O. The topological polar surface area (TPSA) is 47.3 Å². The summed E-state index contributed by atoms with van der Waals surface area (Å²) in [4.78, 5) is 0. The normalized spacial score (nSPS) is 20.3. The first-order chi connectivity index (χ1) is 6.88. The van der Waals surface area contributed by atoms with Gasteiger partial charge in [0.1, 0.15) is 0 Å². The molecule has 1 fully saturated rings. The van der Waals surface area contributed by atoms with Gasteiger partial charge in [-0.15, -0.1) is 12.3 Å². The van der Waals surface area contributed by atoms with Crippen LogP contribution in [0.1, 0.15) is 19.3 Å². The molecule has 0 aromatic heterocycles. The Balaban J connectivity index is 2.25. The van der Waals surface area contributed by atoms with Gasteiger partial charge in [-0.3, -0.25) is 0 Å². The molecule has 80 valence electrons. The van der Waals surface area contributed by atoms with Crippen molar-refractivity contribution in [2.75, 3.05) is 26.3 Å². The van der Waals surface area contributed by atoms with Gasteiger partial charge in [0.15, 0.2) is 0 Å². The van der Waals surface area contributed by atoms with Crippen molar-refractivity contribution in [2.45, 2.75) is 25.3 Å². The summed E-state index contributed by atoms with van der Waals surface area (Å²) in [5, 5.41) is 3.42. The predicted octanol–water partition coefficient (Wildman–Crippen LogP) is 0.353. The van der Waals surface area contributed by atoms with E-state index in [-0.39, 0.29) is 0 Å². The van der Waals surface area contributed by atoms with Crippen LogP contribution in [0.3, 0.4) is 0 Å². The lowest BCUT2D eigenvalue weighted by molar-refractivity contribution is 0.0549. The molecule has 1 saturated heterocycles. The van der Waals surface area contributed by atoms with E-state index in [0.717, 1.165) is 39.0 Å². The van der Waals surface area contributed by atoms with Crippen LogP contribution in [0.5, 0.6) is 0 Å². The molecule has 3 N–H and O–H groups in total. The van der Waals surface area contributed by atoms with E-state index in [1.165, 1.54) is 0 Å². The standard InChI is InChI=1S/C11H20N2O/c1-2-3-6-13-11(9-12)10-4-7-14-8-5-10/h1,10-11,13H,3-9,12H2. The van der Waals surface area contributed by atoms with Crippen molar-refractivity contribution < 1.29 is 4.74 Å². The van der Waals surface area contributed by atoms with Crippen molar-refractivity contribution in [2.24, 2.45) is 11.7 Å². The lowest BCUT2D eigenvalue weighted by atomic mass is 9.92. The fourth-order valence-corrected chi connectivity index (χ4v) is 1.89. The summed E-state index contributed by atoms with van der Waals surface area (Å²) in [6.45, 7) is 3.31. The number of nitrogens with one attached hydrogen (secondary N) is 1. The molecule has 1 atom stereocenters. The SMILES string of the molecule is C#CCCNC(CN)C1CCOCC1. The quantitative estimate of drug-likeness (QED) is 0.493. The molecule has 0 radical (unpaired) electrons. The van der Waals surface area contributed by atoms with Gasteiger partial charge < -0.3 is 15.8 Å². The monoisotopic (exact) mass is 196 g/mol. The Kier molecular flexibility index (Phi) is 5.62. The van der Waals surface area contributed by atoms with E-state index in [4.69, 9.17) is 16.9 Å². The van der Waals surface area contributed by atoms with Crippen LogP contribution in [-0.4, -0.2) is 32.3 Å². The van der Waals surface area contributed by atoms with Gasteiger partial charge in [0, 0.05) is 38.8 Å². The third kappa shape index (κ3) is 3.67. The van der Waals surface area contributed by atoms with Crippen molar-refractivity contribution in [3.63, 3.8) is 0 Å². The fourth-order valence-electron chi connectivity index (χ4n) is 1.89. The second-order valence-electron chi connectivity index (χ2n) is 3.70. The lowest BCUT2D eigenvalue weighted by Gasteiger charge is -2.30. The molecule has 0 bridgehead atoms. The summed E-state index contributed by atoms with van der Waals surface area (Å²) in [6.07, 6.45) is 8.20. The third-order valence-electron chi connectivity index (χ3n) is 2.76. The van der Waals surface area contributed by atoms with Gasteiger partial charge in [-0.2, -0.15) is 0 Å². The van der Waals surface area contributed by atoms with Crippen molar-refractivity contribution in [1.82, 2.24) is 5.32 Å². The maximum absolute atomic E-state index is 5.73. The van der Waals surface area contributed by atoms with Gasteiger partial charge in [-0.05, 0) is 18.8 Å². The molecule has 0 saturated carbocycles. The average molecular weight is 196 g/mol. The summed E-state index contributed by atoms with van der Waals surface area (Å²) >= 11 is 0. The summed E-state index contributed by atoms with van der Waals surface area (Å²) in [5.74, 6) is 3.28. The Hall–Kier alpha value is -0.560. The van der Waals surface area contributed by atoms with Crippen LogP contribution in [0.15, 0.2) is 0 Å². The second-order valence-corrected chi connectivity index (χ2v) is 3.70. The molecule has 0 aromatic carbocycles. The Labute approximate surface area is 86.4 Å². The van der Waals surface area contributed by atoms with Gasteiger partial charge in [0.2, 0.25) is 0 Å². The van der Waals surface area contributed by atoms with E-state index < -0.39 is 0 Å². The zero-order valence-electron chi connectivity index (χ0n) is 8.67. The Morgan fingerprint density at radius 2 is 2.21 bits per heavy atom. The van der Waals surface area contributed by atoms with Crippen molar-refractivity contribution in [3.8, 4) is 12.3 Å². The van der Waals surface area contributed by atoms with E-state index in [0.29, 0.717) is 18.5 Å². The maximum atomic E-state index is 5.73. The second kappa shape index (κ2) is 6.83. The van der Waals surface area contributed by atoms with E-state index in [2.05, 4.69) is 11.2 Å². The van der Waals surface area contributed by atoms with Crippen LogP contribution >= 0.6 is 0 Å². The van der Waals surface area contributed by atoms with E-state index >= 15 is 0 Å². The van der Waals surface area contributed by atoms with Gasteiger partial charge in [-0.25, -0.2) is 0 Å². The highest BCUT2D eigenvalue weighted by Gasteiger charge is 2.21. The number of ether oxygens (including phenoxy) is 1. The average Bonchev–Trinajstić information content (AvgIpc) is 2.26. The van der Waals surface area contributed by atoms with Gasteiger partial charge in [-0.1, -0.05) is 0 Å². The largest absolute Gasteiger partial charge is 0.381 e. The Morgan fingerprint density at radius 3 is 2.79 bits per heavy atom. The number of rotatable bonds is 5. The third-order valence-corrected chi connectivity index (χ3v) is 2.76. The van der Waals surface area contributed by atoms with Gasteiger partial charge >= 0.3 is 0 Å². The van der Waals surface area contributed by atoms with Crippen molar-refractivity contribution in [3.05, 3.63) is 0 Å². The Morgan fingerprint density at radius 1 is 1.50 bits per heavy atom. The maximum Gasteiger partial charge on any atom is 0.0469 e. The van der Waals surface area contributed by atoms with Gasteiger partial charge in [0.25, 0.3) is 0 Å². The van der Waals surface area contributed by atoms with Crippen LogP contribution in [0.2, 0.25) is 0 Å². The highest BCUT2D eigenvalue weighted by atomic mass is 16.5. The van der Waals surface area contributed by atoms with Crippen LogP contribution in [0.25, 0.3) is 0 Å². The van der Waals surface area contributed by atoms with Crippen LogP contribution in [0, 0.1) is 18.3 Å². The molecule has 1 aliphatic rings. The molecule has 0 amide bonds. The number of nitrogens with two attached hydrogens (primary N) is 1. The first-order valence-electron chi connectivity index (χ1n) is 5.33. The highest BCUT2D eigenvalue weighted by molar-refractivity contribution is 4.86. The molecule has 0 spiro atoms. The number of hydrogen-bond acceptors (Lipinski definition) is 3. The minimum atomic E-state index is 0.409. The van der Waals surface area contributed by atoms with E-state index in [1.807, 2.05) is 0 Å². The molecular weight excluding hydrogens is 176 g/mol. The molecule has 1 rings (SSSR count). The zero-order valence-corrected chi connectivity index (χ0v) is 8.67. The predicted molar refractivity (Wildman–Crippen MR) is 57.8 cm³/mol. The van der Waals surface area contributed by atoms with Crippen molar-refractivity contribution in [1.29, 1.82) is 0 Å². The van der Waals surface area contributed by atoms with E-state index in [1.54, 1.807) is 0 Å². The molecule has 14 heavy (non-hydrogen) atoms. The summed E-state index contributed by atoms with van der Waals surface area (Å²) < 4.78 is 5.32. The molecule has 0 aliphatic carbocycles. The molecule has 1 heterocycles. The van der Waals surface area contributed by atoms with E-state index in [9.17, 15) is 0 Å². The lowest BCUT2D eigenvalue weighted by Crippen LogP contribution is -2.44. The molecule has 3 nitrogen and oxygen atoms in total. The smallest absolute Gasteiger partial charge is 0.0469 e. The van der Waals surface area contributed by atoms with Crippen LogP contribution in [0.4, 0.5) is 0 Å². The summed E-state index contributed by atoms with van der Waals surface area (Å²) in [7, 11) is 0. The molecule has 0 aromatic rings. The Bertz CT molecular complexity index is 182. The van der Waals surface area contributed by atoms with Crippen LogP contribution < -0.4 is 11.1 Å². The molecule has 1 aliphatic heterocycles. The van der Waals surface area contributed by atoms with Gasteiger partial charge in [0.05, 0.1) is 0 Å². The fraction of sp³-hybridized carbons (Fsp3) is 0.818. The summed E-state index contributed by atoms with van der Waals surface area (Å²) in [6, 6.07) is 0.409. The molecule has 1 unspecified atom stereocenters. The first-order valence-corrected chi connectivity index (χ1v) is 5.33. The van der Waals surface area contributed by atoms with Crippen molar-refractivity contribution >= 4 is 0 Å². The molecule has 3 heteroatoms. The van der Waals surface area contributed by atoms with Crippen LogP contribution in [-0.2, 0) is 4.74 Å². The number of hydrogen-bond donors (Lipinski definition) is 2. The minimum absolute atomic E-state index is 0.409. The number of terminal acetylenes is 1. The summed E-state index contributed by atoms with van der Waals surface area (Å²) in [5.41, 5.74) is 5.73. The zero-order chi connectivity index (χ0) is 10.2. The first kappa shape index (κ1) is 11.5. The highest BCUT2D eigenvalue weighted by Crippen LogP contribution is 2.18.